The number of hydrogen-bond acceptors (Lipinski definition) is 5. The van der Waals surface area contributed by atoms with Crippen LogP contribution in [-0.4, -0.2) is 42.4 Å². The summed E-state index contributed by atoms with van der Waals surface area (Å²) in [5.74, 6) is 2.99. The zero-order chi connectivity index (χ0) is 23.7. The van der Waals surface area contributed by atoms with Crippen LogP contribution in [0, 0.1) is 0 Å². The maximum absolute atomic E-state index is 6.12. The van der Waals surface area contributed by atoms with Gasteiger partial charge in [0.2, 0.25) is 0 Å². The Hall–Kier alpha value is -2.76. The molecule has 3 aliphatic heterocycles. The molecular formula is C30H32N2O2S. The molecule has 1 aromatic heterocycles. The number of methoxy groups -OCH3 is 1. The Kier molecular flexibility index (Phi) is 6.29. The summed E-state index contributed by atoms with van der Waals surface area (Å²) in [5, 5.41) is 0. The van der Waals surface area contributed by atoms with E-state index in [-0.39, 0.29) is 0 Å². The summed E-state index contributed by atoms with van der Waals surface area (Å²) in [4.78, 5) is 7.25. The number of pyridine rings is 1. The topological polar surface area (TPSA) is 34.6 Å². The molecule has 0 aliphatic carbocycles. The first-order chi connectivity index (χ1) is 17.3. The van der Waals surface area contributed by atoms with Gasteiger partial charge in [0.25, 0.3) is 0 Å². The Balaban J connectivity index is 1.20. The number of aromatic nitrogens is 1. The number of thioether (sulfide) groups is 1. The van der Waals surface area contributed by atoms with Crippen LogP contribution in [0.3, 0.4) is 0 Å². The molecule has 0 radical (unpaired) electrons. The van der Waals surface area contributed by atoms with E-state index in [1.807, 2.05) is 24.4 Å². The SMILES string of the molecule is COc1ccc2c(c1)C(=CCCN1CCC3(CC1)SCCc1ccccc13)c1cccnc1CO2. The fourth-order valence-electron chi connectivity index (χ4n) is 5.84. The summed E-state index contributed by atoms with van der Waals surface area (Å²) < 4.78 is 12.0. The predicted octanol–water partition coefficient (Wildman–Crippen LogP) is 6.09. The van der Waals surface area contributed by atoms with Crippen molar-refractivity contribution in [3.05, 3.63) is 94.8 Å². The van der Waals surface area contributed by atoms with E-state index in [1.165, 1.54) is 30.6 Å². The van der Waals surface area contributed by atoms with Gasteiger partial charge in [-0.05, 0) is 85.5 Å². The Labute approximate surface area is 212 Å². The first-order valence-electron chi connectivity index (χ1n) is 12.7. The number of likely N-dealkylation sites (tertiary alicyclic amines) is 1. The smallest absolute Gasteiger partial charge is 0.131 e. The van der Waals surface area contributed by atoms with Crippen LogP contribution in [0.15, 0.2) is 66.9 Å². The molecule has 0 atom stereocenters. The van der Waals surface area contributed by atoms with Gasteiger partial charge in [0.05, 0.1) is 12.8 Å². The first-order valence-corrected chi connectivity index (χ1v) is 13.6. The molecule has 0 amide bonds. The van der Waals surface area contributed by atoms with Crippen LogP contribution in [-0.2, 0) is 17.8 Å². The van der Waals surface area contributed by atoms with E-state index < -0.39 is 0 Å². The van der Waals surface area contributed by atoms with Gasteiger partial charge in [0.15, 0.2) is 0 Å². The highest BCUT2D eigenvalue weighted by molar-refractivity contribution is 8.00. The van der Waals surface area contributed by atoms with E-state index >= 15 is 0 Å². The van der Waals surface area contributed by atoms with Gasteiger partial charge in [0, 0.05) is 28.6 Å². The minimum Gasteiger partial charge on any atom is -0.497 e. The normalized spacial score (nSPS) is 19.9. The van der Waals surface area contributed by atoms with Crippen LogP contribution < -0.4 is 9.47 Å². The van der Waals surface area contributed by atoms with Crippen LogP contribution in [0.25, 0.3) is 5.57 Å². The maximum Gasteiger partial charge on any atom is 0.131 e. The number of aryl methyl sites for hydroxylation is 1. The molecule has 3 aromatic rings. The predicted molar refractivity (Wildman–Crippen MR) is 143 cm³/mol. The van der Waals surface area contributed by atoms with Crippen molar-refractivity contribution in [3.63, 3.8) is 0 Å². The Morgan fingerprint density at radius 3 is 2.86 bits per heavy atom. The quantitative estimate of drug-likeness (QED) is 0.448. The number of hydrogen-bond donors (Lipinski definition) is 0. The Morgan fingerprint density at radius 1 is 1.09 bits per heavy atom. The van der Waals surface area contributed by atoms with Gasteiger partial charge in [-0.25, -0.2) is 0 Å². The maximum atomic E-state index is 6.12. The standard InChI is InChI=1S/C30H32N2O2S/c1-33-23-10-11-29-26(20-23)24(25-7-4-15-31-28(25)21-34-29)8-5-16-32-17-13-30(14-18-32)27-9-3-2-6-22(27)12-19-35-30/h2-4,6-11,15,20H,5,12-14,16-19,21H2,1H3. The van der Waals surface area contributed by atoms with Gasteiger partial charge < -0.3 is 14.4 Å². The molecule has 1 fully saturated rings. The van der Waals surface area contributed by atoms with E-state index in [1.54, 1.807) is 18.2 Å². The van der Waals surface area contributed by atoms with Crippen molar-refractivity contribution in [2.75, 3.05) is 32.5 Å². The molecule has 1 saturated heterocycles. The highest BCUT2D eigenvalue weighted by atomic mass is 32.2. The van der Waals surface area contributed by atoms with E-state index in [9.17, 15) is 0 Å². The molecule has 1 spiro atoms. The van der Waals surface area contributed by atoms with Crippen LogP contribution >= 0.6 is 11.8 Å². The van der Waals surface area contributed by atoms with Gasteiger partial charge in [0.1, 0.15) is 18.1 Å². The summed E-state index contributed by atoms with van der Waals surface area (Å²) in [5.41, 5.74) is 7.61. The largest absolute Gasteiger partial charge is 0.497 e. The molecule has 35 heavy (non-hydrogen) atoms. The molecule has 2 aromatic carbocycles. The van der Waals surface area contributed by atoms with Crippen molar-refractivity contribution in [1.29, 1.82) is 0 Å². The monoisotopic (exact) mass is 484 g/mol. The molecule has 3 aliphatic rings. The third kappa shape index (κ3) is 4.36. The lowest BCUT2D eigenvalue weighted by Gasteiger charge is -2.45. The molecule has 6 rings (SSSR count). The minimum atomic E-state index is 0.322. The first kappa shape index (κ1) is 22.7. The third-order valence-electron chi connectivity index (χ3n) is 7.74. The summed E-state index contributed by atoms with van der Waals surface area (Å²) >= 11 is 2.20. The molecule has 0 saturated carbocycles. The summed E-state index contributed by atoms with van der Waals surface area (Å²) in [6, 6.07) is 19.4. The van der Waals surface area contributed by atoms with E-state index in [0.717, 1.165) is 54.4 Å². The molecule has 0 bridgehead atoms. The lowest BCUT2D eigenvalue weighted by Crippen LogP contribution is -2.42. The van der Waals surface area contributed by atoms with Crippen molar-refractivity contribution in [2.24, 2.45) is 0 Å². The average molecular weight is 485 g/mol. The number of ether oxygens (including phenoxy) is 2. The van der Waals surface area contributed by atoms with E-state index in [2.05, 4.69) is 64.1 Å². The third-order valence-corrected chi connectivity index (χ3v) is 9.33. The minimum absolute atomic E-state index is 0.322. The second-order valence-corrected chi connectivity index (χ2v) is 11.1. The fraction of sp³-hybridized carbons (Fsp3) is 0.367. The number of piperidine rings is 1. The zero-order valence-corrected chi connectivity index (χ0v) is 21.2. The summed E-state index contributed by atoms with van der Waals surface area (Å²) in [7, 11) is 1.71. The highest BCUT2D eigenvalue weighted by Gasteiger charge is 2.39. The van der Waals surface area contributed by atoms with Crippen molar-refractivity contribution >= 4 is 17.3 Å². The zero-order valence-electron chi connectivity index (χ0n) is 20.3. The van der Waals surface area contributed by atoms with Gasteiger partial charge in [-0.2, -0.15) is 0 Å². The van der Waals surface area contributed by atoms with Crippen LogP contribution in [0.4, 0.5) is 0 Å². The van der Waals surface area contributed by atoms with Gasteiger partial charge in [-0.1, -0.05) is 36.4 Å². The Bertz CT molecular complexity index is 1250. The van der Waals surface area contributed by atoms with Gasteiger partial charge in [-0.15, -0.1) is 11.8 Å². The van der Waals surface area contributed by atoms with E-state index in [0.29, 0.717) is 11.4 Å². The fourth-order valence-corrected chi connectivity index (χ4v) is 7.38. The van der Waals surface area contributed by atoms with Crippen LogP contribution in [0.5, 0.6) is 11.5 Å². The van der Waals surface area contributed by atoms with Crippen molar-refractivity contribution < 1.29 is 9.47 Å². The van der Waals surface area contributed by atoms with Crippen molar-refractivity contribution in [2.45, 2.75) is 37.0 Å². The number of benzene rings is 2. The molecule has 180 valence electrons. The Morgan fingerprint density at radius 2 is 1.97 bits per heavy atom. The van der Waals surface area contributed by atoms with Crippen molar-refractivity contribution in [1.82, 2.24) is 9.88 Å². The molecule has 5 heteroatoms. The lowest BCUT2D eigenvalue weighted by molar-refractivity contribution is 0.202. The second kappa shape index (κ2) is 9.71. The van der Waals surface area contributed by atoms with E-state index in [4.69, 9.17) is 9.47 Å². The van der Waals surface area contributed by atoms with Gasteiger partial charge >= 0.3 is 0 Å². The summed E-state index contributed by atoms with van der Waals surface area (Å²) in [6.07, 6.45) is 8.92. The molecule has 0 N–H and O–H groups in total. The molecule has 4 heterocycles. The van der Waals surface area contributed by atoms with Crippen LogP contribution in [0.1, 0.15) is 47.2 Å². The highest BCUT2D eigenvalue weighted by Crippen LogP contribution is 2.49. The molecule has 0 unspecified atom stereocenters. The number of fused-ring (bicyclic) bond motifs is 4. The number of rotatable bonds is 4. The van der Waals surface area contributed by atoms with Crippen molar-refractivity contribution in [3.8, 4) is 11.5 Å². The van der Waals surface area contributed by atoms with Gasteiger partial charge in [-0.3, -0.25) is 4.98 Å². The lowest BCUT2D eigenvalue weighted by atomic mass is 9.84. The summed E-state index contributed by atoms with van der Waals surface area (Å²) in [6.45, 7) is 3.88. The number of nitrogens with zero attached hydrogens (tertiary/aromatic N) is 2. The molecule has 4 nitrogen and oxygen atoms in total. The molecular weight excluding hydrogens is 452 g/mol. The second-order valence-electron chi connectivity index (χ2n) is 9.65. The average Bonchev–Trinajstić information content (AvgIpc) is 3.07. The van der Waals surface area contributed by atoms with Crippen LogP contribution in [0.2, 0.25) is 0 Å².